The Bertz CT molecular complexity index is 3010. The van der Waals surface area contributed by atoms with Crippen LogP contribution in [-0.4, -0.2) is 0 Å². The molecule has 0 unspecified atom stereocenters. The quantitative estimate of drug-likeness (QED) is 0.166. The highest BCUT2D eigenvalue weighted by atomic mass is 14.3. The average Bonchev–Trinajstić information content (AvgIpc) is 3.21. The molecule has 0 N–H and O–H groups in total. The Hall–Kier alpha value is -6.50. The lowest BCUT2D eigenvalue weighted by Gasteiger charge is -2.23. The first-order valence-electron chi connectivity index (χ1n) is 18.4. The van der Waals surface area contributed by atoms with Crippen molar-refractivity contribution in [2.45, 2.75) is 12.8 Å². The van der Waals surface area contributed by atoms with E-state index < -0.39 is 0 Å². The van der Waals surface area contributed by atoms with Gasteiger partial charge in [0, 0.05) is 0 Å². The lowest BCUT2D eigenvalue weighted by molar-refractivity contribution is 0.978. The predicted octanol–water partition coefficient (Wildman–Crippen LogP) is 14.3. The van der Waals surface area contributed by atoms with Crippen LogP contribution >= 0.6 is 0 Å². The number of aryl methyl sites for hydroxylation is 1. The molecule has 0 heterocycles. The zero-order valence-corrected chi connectivity index (χ0v) is 28.7. The van der Waals surface area contributed by atoms with Crippen molar-refractivity contribution < 1.29 is 0 Å². The van der Waals surface area contributed by atoms with Gasteiger partial charge in [-0.15, -0.1) is 0 Å². The van der Waals surface area contributed by atoms with Crippen LogP contribution in [0.25, 0.3) is 92.5 Å². The van der Waals surface area contributed by atoms with Gasteiger partial charge in [0.1, 0.15) is 0 Å². The monoisotopic (exact) mass is 658 g/mol. The molecule has 0 radical (unpaired) electrons. The van der Waals surface area contributed by atoms with Crippen molar-refractivity contribution in [3.63, 3.8) is 0 Å². The number of hydrogen-bond acceptors (Lipinski definition) is 0. The van der Waals surface area contributed by atoms with E-state index in [9.17, 15) is 0 Å². The normalized spacial score (nSPS) is 13.0. The summed E-state index contributed by atoms with van der Waals surface area (Å²) >= 11 is 0. The number of rotatable bonds is 3. The van der Waals surface area contributed by atoms with E-state index in [2.05, 4.69) is 182 Å². The van der Waals surface area contributed by atoms with Crippen molar-refractivity contribution in [1.82, 2.24) is 0 Å². The van der Waals surface area contributed by atoms with Gasteiger partial charge in [0.2, 0.25) is 0 Å². The molecule has 1 aliphatic rings. The SMILES string of the molecule is C1=C(c2ccc3c(-c4c5ccccc5cc5ccccc45)c4ccccc4c(-c4c5ccccc5cc5ccccc45)c3c2)c2ccccc2CC1. The summed E-state index contributed by atoms with van der Waals surface area (Å²) in [6, 6.07) is 65.8. The van der Waals surface area contributed by atoms with E-state index in [0.717, 1.165) is 12.8 Å². The number of hydrogen-bond donors (Lipinski definition) is 0. The molecule has 0 bridgehead atoms. The molecular formula is C52H34. The smallest absolute Gasteiger partial charge is 0.00137 e. The Labute approximate surface area is 302 Å². The maximum atomic E-state index is 2.51. The standard InChI is InChI=1S/C52H34/c1-6-20-39-33(14-1)19-13-27-40(39)38-28-29-47-48(32-38)52(50-43-23-9-4-17-36(43)31-37-18-5-10-24-44(37)50)46-26-12-11-25-45(46)51(47)49-41-21-7-2-15-34(41)30-35-16-3-8-22-42(35)49/h1-12,14-18,20-32H,13,19H2. The second-order valence-electron chi connectivity index (χ2n) is 14.3. The molecule has 52 heavy (non-hydrogen) atoms. The first-order chi connectivity index (χ1) is 25.8. The zero-order valence-electron chi connectivity index (χ0n) is 28.7. The highest BCUT2D eigenvalue weighted by Gasteiger charge is 2.23. The van der Waals surface area contributed by atoms with Crippen LogP contribution in [0.2, 0.25) is 0 Å². The molecule has 0 heteroatoms. The van der Waals surface area contributed by atoms with Gasteiger partial charge in [0.25, 0.3) is 0 Å². The van der Waals surface area contributed by atoms with Crippen LogP contribution in [0.4, 0.5) is 0 Å². The van der Waals surface area contributed by atoms with Crippen LogP contribution < -0.4 is 0 Å². The molecule has 0 aromatic heterocycles. The van der Waals surface area contributed by atoms with Crippen LogP contribution in [0.3, 0.4) is 0 Å². The molecule has 0 nitrogen and oxygen atoms in total. The van der Waals surface area contributed by atoms with Crippen LogP contribution in [-0.2, 0) is 6.42 Å². The fraction of sp³-hybridized carbons (Fsp3) is 0.0385. The third-order valence-electron chi connectivity index (χ3n) is 11.4. The molecule has 0 atom stereocenters. The van der Waals surface area contributed by atoms with Crippen molar-refractivity contribution >= 4 is 70.2 Å². The fourth-order valence-electron chi connectivity index (χ4n) is 9.21. The Balaban J connectivity index is 1.37. The highest BCUT2D eigenvalue weighted by molar-refractivity contribution is 6.30. The summed E-state index contributed by atoms with van der Waals surface area (Å²) in [5.74, 6) is 0. The van der Waals surface area contributed by atoms with Gasteiger partial charge in [0.05, 0.1) is 0 Å². The van der Waals surface area contributed by atoms with E-state index in [1.165, 1.54) is 109 Å². The van der Waals surface area contributed by atoms with Gasteiger partial charge < -0.3 is 0 Å². The fourth-order valence-corrected chi connectivity index (χ4v) is 9.21. The Kier molecular flexibility index (Phi) is 6.48. The summed E-state index contributed by atoms with van der Waals surface area (Å²) in [7, 11) is 0. The van der Waals surface area contributed by atoms with Crippen molar-refractivity contribution in [2.24, 2.45) is 0 Å². The Morgan fingerprint density at radius 3 is 1.25 bits per heavy atom. The predicted molar refractivity (Wildman–Crippen MR) is 224 cm³/mol. The van der Waals surface area contributed by atoms with Gasteiger partial charge >= 0.3 is 0 Å². The van der Waals surface area contributed by atoms with E-state index in [4.69, 9.17) is 0 Å². The molecule has 0 fully saturated rings. The molecule has 1 aliphatic carbocycles. The maximum absolute atomic E-state index is 2.51. The van der Waals surface area contributed by atoms with E-state index in [-0.39, 0.29) is 0 Å². The third-order valence-corrected chi connectivity index (χ3v) is 11.4. The van der Waals surface area contributed by atoms with E-state index in [1.807, 2.05) is 0 Å². The molecule has 0 saturated heterocycles. The van der Waals surface area contributed by atoms with Crippen molar-refractivity contribution in [1.29, 1.82) is 0 Å². The summed E-state index contributed by atoms with van der Waals surface area (Å²) in [6.45, 7) is 0. The largest absolute Gasteiger partial charge is 0.0757 e. The molecule has 0 spiro atoms. The molecule has 11 rings (SSSR count). The van der Waals surface area contributed by atoms with Gasteiger partial charge in [-0.3, -0.25) is 0 Å². The van der Waals surface area contributed by atoms with Crippen molar-refractivity contribution in [3.8, 4) is 22.3 Å². The maximum Gasteiger partial charge on any atom is -0.00137 e. The summed E-state index contributed by atoms with van der Waals surface area (Å²) in [5.41, 5.74) is 10.6. The summed E-state index contributed by atoms with van der Waals surface area (Å²) in [5, 5.41) is 15.3. The second-order valence-corrected chi connectivity index (χ2v) is 14.3. The van der Waals surface area contributed by atoms with Crippen LogP contribution in [0.15, 0.2) is 182 Å². The van der Waals surface area contributed by atoms with Gasteiger partial charge in [-0.2, -0.15) is 0 Å². The van der Waals surface area contributed by atoms with Gasteiger partial charge in [0.15, 0.2) is 0 Å². The number of allylic oxidation sites excluding steroid dienone is 1. The van der Waals surface area contributed by atoms with E-state index in [1.54, 1.807) is 0 Å². The third kappa shape index (κ3) is 4.34. The van der Waals surface area contributed by atoms with Crippen LogP contribution in [0, 0.1) is 0 Å². The lowest BCUT2D eigenvalue weighted by Crippen LogP contribution is -2.01. The minimum Gasteiger partial charge on any atom is -0.0757 e. The van der Waals surface area contributed by atoms with Crippen LogP contribution in [0.1, 0.15) is 23.1 Å². The summed E-state index contributed by atoms with van der Waals surface area (Å²) in [4.78, 5) is 0. The minimum absolute atomic E-state index is 1.05. The lowest BCUT2D eigenvalue weighted by atomic mass is 9.79. The second kappa shape index (κ2) is 11.5. The van der Waals surface area contributed by atoms with E-state index >= 15 is 0 Å². The molecule has 0 amide bonds. The topological polar surface area (TPSA) is 0 Å². The molecule has 242 valence electrons. The van der Waals surface area contributed by atoms with Gasteiger partial charge in [-0.25, -0.2) is 0 Å². The molecule has 0 aliphatic heterocycles. The molecule has 10 aromatic rings. The Morgan fingerprint density at radius 2 is 0.712 bits per heavy atom. The van der Waals surface area contributed by atoms with Gasteiger partial charge in [-0.05, 0) is 140 Å². The first-order valence-corrected chi connectivity index (χ1v) is 18.4. The van der Waals surface area contributed by atoms with Gasteiger partial charge in [-0.1, -0.05) is 164 Å². The first kappa shape index (κ1) is 29.3. The zero-order chi connectivity index (χ0) is 34.2. The summed E-state index contributed by atoms with van der Waals surface area (Å²) < 4.78 is 0. The highest BCUT2D eigenvalue weighted by Crippen LogP contribution is 2.50. The Morgan fingerprint density at radius 1 is 0.308 bits per heavy atom. The van der Waals surface area contributed by atoms with Crippen LogP contribution in [0.5, 0.6) is 0 Å². The molecule has 0 saturated carbocycles. The average molecular weight is 659 g/mol. The van der Waals surface area contributed by atoms with Crippen molar-refractivity contribution in [3.05, 3.63) is 199 Å². The number of fused-ring (bicyclic) bond motifs is 7. The minimum atomic E-state index is 1.05. The molecular weight excluding hydrogens is 625 g/mol. The number of benzene rings is 10. The van der Waals surface area contributed by atoms with Crippen molar-refractivity contribution in [2.75, 3.05) is 0 Å². The molecule has 10 aromatic carbocycles. The summed E-state index contributed by atoms with van der Waals surface area (Å²) in [6.07, 6.45) is 4.59. The van der Waals surface area contributed by atoms with E-state index in [0.29, 0.717) is 0 Å².